The number of nitrogens with zero attached hydrogens (tertiary/aromatic N) is 3. The molecule has 0 aliphatic carbocycles. The SMILES string of the molecule is CN(CC1CCCCO1)c1nc(N)nc2ccccc12. The summed E-state index contributed by atoms with van der Waals surface area (Å²) in [6.45, 7) is 1.70. The number of benzene rings is 1. The number of hydrogen-bond donors (Lipinski definition) is 1. The molecule has 5 nitrogen and oxygen atoms in total. The first-order chi connectivity index (χ1) is 9.74. The number of para-hydroxylation sites is 1. The van der Waals surface area contributed by atoms with Crippen molar-refractivity contribution in [2.24, 2.45) is 0 Å². The molecule has 106 valence electrons. The first kappa shape index (κ1) is 13.1. The quantitative estimate of drug-likeness (QED) is 0.928. The van der Waals surface area contributed by atoms with Gasteiger partial charge in [0.1, 0.15) is 5.82 Å². The normalized spacial score (nSPS) is 19.1. The molecule has 0 bridgehead atoms. The van der Waals surface area contributed by atoms with E-state index in [1.54, 1.807) is 0 Å². The van der Waals surface area contributed by atoms with E-state index in [1.807, 2.05) is 31.3 Å². The summed E-state index contributed by atoms with van der Waals surface area (Å²) in [5.74, 6) is 1.19. The standard InChI is InChI=1S/C15H20N4O/c1-19(10-11-6-4-5-9-20-11)14-12-7-2-3-8-13(12)17-15(16)18-14/h2-3,7-8,11H,4-6,9-10H2,1H3,(H2,16,17,18). The van der Waals surface area contributed by atoms with Crippen molar-refractivity contribution >= 4 is 22.7 Å². The fraction of sp³-hybridized carbons (Fsp3) is 0.467. The third-order valence-corrected chi connectivity index (χ3v) is 3.71. The lowest BCUT2D eigenvalue weighted by atomic mass is 10.1. The lowest BCUT2D eigenvalue weighted by Crippen LogP contribution is -2.34. The number of anilines is 2. The molecule has 0 saturated carbocycles. The second-order valence-electron chi connectivity index (χ2n) is 5.29. The van der Waals surface area contributed by atoms with Crippen LogP contribution in [0.25, 0.3) is 10.9 Å². The lowest BCUT2D eigenvalue weighted by molar-refractivity contribution is 0.0215. The number of ether oxygens (including phenoxy) is 1. The highest BCUT2D eigenvalue weighted by atomic mass is 16.5. The summed E-state index contributed by atoms with van der Waals surface area (Å²) in [6, 6.07) is 7.95. The third kappa shape index (κ3) is 2.67. The highest BCUT2D eigenvalue weighted by molar-refractivity contribution is 5.90. The van der Waals surface area contributed by atoms with Gasteiger partial charge < -0.3 is 15.4 Å². The third-order valence-electron chi connectivity index (χ3n) is 3.71. The first-order valence-electron chi connectivity index (χ1n) is 7.09. The molecular weight excluding hydrogens is 252 g/mol. The topological polar surface area (TPSA) is 64.3 Å². The van der Waals surface area contributed by atoms with E-state index in [9.17, 15) is 0 Å². The molecule has 1 atom stereocenters. The fourth-order valence-corrected chi connectivity index (χ4v) is 2.71. The number of nitrogen functional groups attached to an aromatic ring is 1. The largest absolute Gasteiger partial charge is 0.376 e. The van der Waals surface area contributed by atoms with Gasteiger partial charge >= 0.3 is 0 Å². The maximum Gasteiger partial charge on any atom is 0.222 e. The first-order valence-corrected chi connectivity index (χ1v) is 7.09. The van der Waals surface area contributed by atoms with Crippen molar-refractivity contribution in [1.29, 1.82) is 0 Å². The van der Waals surface area contributed by atoms with Crippen molar-refractivity contribution in [2.45, 2.75) is 25.4 Å². The van der Waals surface area contributed by atoms with E-state index in [-0.39, 0.29) is 6.10 Å². The Morgan fingerprint density at radius 2 is 2.15 bits per heavy atom. The Balaban J connectivity index is 1.88. The monoisotopic (exact) mass is 272 g/mol. The molecule has 20 heavy (non-hydrogen) atoms. The van der Waals surface area contributed by atoms with Crippen molar-refractivity contribution in [3.05, 3.63) is 24.3 Å². The average Bonchev–Trinajstić information content (AvgIpc) is 2.47. The van der Waals surface area contributed by atoms with Gasteiger partial charge in [-0.1, -0.05) is 12.1 Å². The van der Waals surface area contributed by atoms with Gasteiger partial charge in [0, 0.05) is 25.6 Å². The van der Waals surface area contributed by atoms with Gasteiger partial charge in [-0.05, 0) is 31.4 Å². The van der Waals surface area contributed by atoms with Crippen LogP contribution in [0.3, 0.4) is 0 Å². The average molecular weight is 272 g/mol. The molecule has 2 heterocycles. The molecule has 1 aromatic heterocycles. The molecule has 1 saturated heterocycles. The molecule has 0 radical (unpaired) electrons. The Bertz CT molecular complexity index is 595. The van der Waals surface area contributed by atoms with Crippen LogP contribution >= 0.6 is 0 Å². The van der Waals surface area contributed by atoms with Crippen molar-refractivity contribution in [3.63, 3.8) is 0 Å². The number of likely N-dealkylation sites (N-methyl/N-ethyl adjacent to an activating group) is 1. The summed E-state index contributed by atoms with van der Waals surface area (Å²) in [4.78, 5) is 10.8. The molecule has 3 rings (SSSR count). The van der Waals surface area contributed by atoms with Gasteiger partial charge in [-0.15, -0.1) is 0 Å². The molecule has 1 unspecified atom stereocenters. The Hall–Kier alpha value is -1.88. The van der Waals surface area contributed by atoms with Crippen LogP contribution in [0.1, 0.15) is 19.3 Å². The molecule has 1 aromatic carbocycles. The highest BCUT2D eigenvalue weighted by Gasteiger charge is 2.18. The number of fused-ring (bicyclic) bond motifs is 1. The van der Waals surface area contributed by atoms with Gasteiger partial charge in [0.15, 0.2) is 0 Å². The van der Waals surface area contributed by atoms with E-state index < -0.39 is 0 Å². The van der Waals surface area contributed by atoms with Crippen LogP contribution in [0.4, 0.5) is 11.8 Å². The maximum absolute atomic E-state index is 5.82. The highest BCUT2D eigenvalue weighted by Crippen LogP contribution is 2.25. The Morgan fingerprint density at radius 3 is 2.95 bits per heavy atom. The molecule has 2 aromatic rings. The van der Waals surface area contributed by atoms with E-state index in [1.165, 1.54) is 12.8 Å². The molecule has 0 amide bonds. The number of aromatic nitrogens is 2. The minimum absolute atomic E-state index is 0.281. The maximum atomic E-state index is 5.82. The van der Waals surface area contributed by atoms with Gasteiger partial charge in [0.25, 0.3) is 0 Å². The molecule has 5 heteroatoms. The summed E-state index contributed by atoms with van der Waals surface area (Å²) in [5, 5.41) is 1.03. The summed E-state index contributed by atoms with van der Waals surface area (Å²) in [5.41, 5.74) is 6.70. The van der Waals surface area contributed by atoms with Crippen LogP contribution in [0.15, 0.2) is 24.3 Å². The van der Waals surface area contributed by atoms with Gasteiger partial charge in [-0.2, -0.15) is 4.98 Å². The summed E-state index contributed by atoms with van der Waals surface area (Å²) in [7, 11) is 2.03. The zero-order valence-electron chi connectivity index (χ0n) is 11.7. The van der Waals surface area contributed by atoms with Crippen LogP contribution in [0.2, 0.25) is 0 Å². The summed E-state index contributed by atoms with van der Waals surface area (Å²) in [6.07, 6.45) is 3.81. The van der Waals surface area contributed by atoms with Crippen LogP contribution in [-0.4, -0.2) is 36.3 Å². The number of nitrogens with two attached hydrogens (primary N) is 1. The van der Waals surface area contributed by atoms with Crippen molar-refractivity contribution in [3.8, 4) is 0 Å². The minimum Gasteiger partial charge on any atom is -0.376 e. The van der Waals surface area contributed by atoms with Crippen molar-refractivity contribution < 1.29 is 4.74 Å². The molecule has 2 N–H and O–H groups in total. The minimum atomic E-state index is 0.281. The zero-order chi connectivity index (χ0) is 13.9. The van der Waals surface area contributed by atoms with Crippen molar-refractivity contribution in [2.75, 3.05) is 30.8 Å². The van der Waals surface area contributed by atoms with Crippen molar-refractivity contribution in [1.82, 2.24) is 9.97 Å². The second kappa shape index (κ2) is 5.63. The Morgan fingerprint density at radius 1 is 1.30 bits per heavy atom. The molecule has 1 fully saturated rings. The van der Waals surface area contributed by atoms with Gasteiger partial charge in [0.05, 0.1) is 11.6 Å². The van der Waals surface area contributed by atoms with Gasteiger partial charge in [0.2, 0.25) is 5.95 Å². The van der Waals surface area contributed by atoms with E-state index in [2.05, 4.69) is 14.9 Å². The predicted octanol–water partition coefficient (Wildman–Crippen LogP) is 2.22. The van der Waals surface area contributed by atoms with E-state index in [0.717, 1.165) is 36.3 Å². The van der Waals surface area contributed by atoms with Gasteiger partial charge in [-0.25, -0.2) is 4.98 Å². The Kier molecular flexibility index (Phi) is 3.69. The van der Waals surface area contributed by atoms with E-state index in [4.69, 9.17) is 10.5 Å². The summed E-state index contributed by atoms with van der Waals surface area (Å²) < 4.78 is 5.80. The fourth-order valence-electron chi connectivity index (χ4n) is 2.71. The lowest BCUT2D eigenvalue weighted by Gasteiger charge is -2.28. The van der Waals surface area contributed by atoms with Crippen LogP contribution in [-0.2, 0) is 4.74 Å². The Labute approximate surface area is 118 Å². The van der Waals surface area contributed by atoms with Gasteiger partial charge in [-0.3, -0.25) is 0 Å². The molecular formula is C15H20N4O. The molecule has 1 aliphatic heterocycles. The second-order valence-corrected chi connectivity index (χ2v) is 5.29. The zero-order valence-corrected chi connectivity index (χ0v) is 11.7. The number of hydrogen-bond acceptors (Lipinski definition) is 5. The van der Waals surface area contributed by atoms with Crippen LogP contribution in [0, 0.1) is 0 Å². The van der Waals surface area contributed by atoms with Crippen LogP contribution in [0.5, 0.6) is 0 Å². The predicted molar refractivity (Wildman–Crippen MR) is 80.8 cm³/mol. The molecule has 1 aliphatic rings. The number of rotatable bonds is 3. The van der Waals surface area contributed by atoms with E-state index >= 15 is 0 Å². The van der Waals surface area contributed by atoms with Crippen LogP contribution < -0.4 is 10.6 Å². The smallest absolute Gasteiger partial charge is 0.222 e. The van der Waals surface area contributed by atoms with E-state index in [0.29, 0.717) is 5.95 Å². The summed E-state index contributed by atoms with van der Waals surface area (Å²) >= 11 is 0. The molecule has 0 spiro atoms.